The van der Waals surface area contributed by atoms with Crippen molar-refractivity contribution in [2.45, 2.75) is 43.9 Å². The minimum atomic E-state index is 0.276. The van der Waals surface area contributed by atoms with E-state index in [1.54, 1.807) is 0 Å². The second-order valence-electron chi connectivity index (χ2n) is 2.36. The minimum absolute atomic E-state index is 0.276. The molecule has 0 saturated heterocycles. The van der Waals surface area contributed by atoms with E-state index in [-0.39, 0.29) is 5.38 Å². The van der Waals surface area contributed by atoms with Gasteiger partial charge in [0.25, 0.3) is 0 Å². The van der Waals surface area contributed by atoms with E-state index in [0.717, 1.165) is 19.3 Å². The third-order valence-electron chi connectivity index (χ3n) is 1.32. The highest BCUT2D eigenvalue weighted by Crippen LogP contribution is 2.13. The maximum absolute atomic E-state index is 5.85. The largest absolute Gasteiger partial charge is 0.123 e. The highest BCUT2D eigenvalue weighted by Gasteiger charge is 2.02. The van der Waals surface area contributed by atoms with E-state index in [4.69, 9.17) is 23.2 Å². The zero-order chi connectivity index (χ0) is 7.28. The topological polar surface area (TPSA) is 0 Å². The van der Waals surface area contributed by atoms with Crippen LogP contribution in [-0.4, -0.2) is 10.8 Å². The average molecular weight is 169 g/mol. The molecule has 2 atom stereocenters. The summed E-state index contributed by atoms with van der Waals surface area (Å²) in [6.45, 7) is 4.09. The van der Waals surface area contributed by atoms with E-state index < -0.39 is 0 Å². The molecule has 2 heteroatoms. The van der Waals surface area contributed by atoms with Crippen LogP contribution in [0.25, 0.3) is 0 Å². The van der Waals surface area contributed by atoms with Gasteiger partial charge < -0.3 is 0 Å². The highest BCUT2D eigenvalue weighted by molar-refractivity contribution is 6.21. The quantitative estimate of drug-likeness (QED) is 0.565. The molecule has 0 fully saturated rings. The Balaban J connectivity index is 3.06. The van der Waals surface area contributed by atoms with Gasteiger partial charge in [0.1, 0.15) is 0 Å². The number of rotatable bonds is 4. The van der Waals surface area contributed by atoms with Gasteiger partial charge in [0.15, 0.2) is 0 Å². The van der Waals surface area contributed by atoms with E-state index in [1.165, 1.54) is 0 Å². The van der Waals surface area contributed by atoms with E-state index in [1.807, 2.05) is 6.92 Å². The number of halogens is 2. The Hall–Kier alpha value is 0.580. The molecule has 0 bridgehead atoms. The summed E-state index contributed by atoms with van der Waals surface area (Å²) in [5, 5.41) is 0.601. The van der Waals surface area contributed by atoms with Gasteiger partial charge in [-0.2, -0.15) is 0 Å². The maximum atomic E-state index is 5.85. The van der Waals surface area contributed by atoms with Crippen molar-refractivity contribution in [2.75, 3.05) is 0 Å². The third kappa shape index (κ3) is 6.47. The fourth-order valence-corrected chi connectivity index (χ4v) is 0.867. The summed E-state index contributed by atoms with van der Waals surface area (Å²) in [5.41, 5.74) is 0. The molecule has 0 amide bonds. The molecule has 0 unspecified atom stereocenters. The first-order valence-corrected chi connectivity index (χ1v) is 4.32. The summed E-state index contributed by atoms with van der Waals surface area (Å²) in [4.78, 5) is 0. The molecule has 0 aliphatic carbocycles. The number of hydrogen-bond acceptors (Lipinski definition) is 0. The van der Waals surface area contributed by atoms with Crippen molar-refractivity contribution in [1.29, 1.82) is 0 Å². The molecule has 0 aromatic heterocycles. The SMILES string of the molecule is CC[C@@H](Cl)CC[C@H](C)Cl. The van der Waals surface area contributed by atoms with E-state index in [2.05, 4.69) is 6.92 Å². The molecule has 56 valence electrons. The first-order valence-electron chi connectivity index (χ1n) is 3.45. The molecule has 0 saturated carbocycles. The van der Waals surface area contributed by atoms with Crippen LogP contribution >= 0.6 is 23.2 Å². The first kappa shape index (κ1) is 9.58. The molecule has 0 aliphatic heterocycles. The first-order chi connectivity index (χ1) is 4.16. The predicted octanol–water partition coefficient (Wildman–Crippen LogP) is 3.41. The van der Waals surface area contributed by atoms with Gasteiger partial charge in [-0.3, -0.25) is 0 Å². The van der Waals surface area contributed by atoms with Crippen LogP contribution in [0.3, 0.4) is 0 Å². The summed E-state index contributed by atoms with van der Waals surface area (Å²) in [6.07, 6.45) is 3.12. The van der Waals surface area contributed by atoms with Gasteiger partial charge in [-0.15, -0.1) is 23.2 Å². The van der Waals surface area contributed by atoms with Crippen molar-refractivity contribution >= 4 is 23.2 Å². The third-order valence-corrected chi connectivity index (χ3v) is 2.07. The molecule has 0 aromatic rings. The van der Waals surface area contributed by atoms with Gasteiger partial charge in [-0.05, 0) is 26.2 Å². The lowest BCUT2D eigenvalue weighted by Gasteiger charge is -2.05. The van der Waals surface area contributed by atoms with Crippen LogP contribution in [0.15, 0.2) is 0 Å². The molecular formula is C7H14Cl2. The molecule has 0 rings (SSSR count). The Labute approximate surface area is 67.5 Å². The average Bonchev–Trinajstić information content (AvgIpc) is 1.83. The summed E-state index contributed by atoms with van der Waals surface area (Å²) in [5.74, 6) is 0. The second-order valence-corrected chi connectivity index (χ2v) is 3.73. The lowest BCUT2D eigenvalue weighted by Crippen LogP contribution is -1.99. The molecule has 0 spiro atoms. The molecule has 0 aliphatic rings. The Morgan fingerprint density at radius 3 is 2.11 bits per heavy atom. The van der Waals surface area contributed by atoms with Gasteiger partial charge in [-0.25, -0.2) is 0 Å². The highest BCUT2D eigenvalue weighted by atomic mass is 35.5. The zero-order valence-electron chi connectivity index (χ0n) is 6.03. The van der Waals surface area contributed by atoms with Crippen molar-refractivity contribution in [1.82, 2.24) is 0 Å². The standard InChI is InChI=1S/C7H14Cl2/c1-3-7(9)5-4-6(2)8/h6-7H,3-5H2,1-2H3/t6-,7+/m0/s1. The lowest BCUT2D eigenvalue weighted by molar-refractivity contribution is 0.668. The Morgan fingerprint density at radius 1 is 1.22 bits per heavy atom. The molecule has 0 heterocycles. The fraction of sp³-hybridized carbons (Fsp3) is 1.00. The molecule has 0 nitrogen and oxygen atoms in total. The number of alkyl halides is 2. The van der Waals surface area contributed by atoms with E-state index in [0.29, 0.717) is 5.38 Å². The molecule has 0 radical (unpaired) electrons. The molecule has 0 N–H and O–H groups in total. The van der Waals surface area contributed by atoms with Crippen LogP contribution in [0.1, 0.15) is 33.1 Å². The van der Waals surface area contributed by atoms with Gasteiger partial charge in [0.2, 0.25) is 0 Å². The van der Waals surface area contributed by atoms with Crippen molar-refractivity contribution < 1.29 is 0 Å². The lowest BCUT2D eigenvalue weighted by atomic mass is 10.2. The smallest absolute Gasteiger partial charge is 0.0334 e. The second kappa shape index (κ2) is 5.37. The molecule has 9 heavy (non-hydrogen) atoms. The predicted molar refractivity (Wildman–Crippen MR) is 44.5 cm³/mol. The van der Waals surface area contributed by atoms with E-state index in [9.17, 15) is 0 Å². The van der Waals surface area contributed by atoms with E-state index >= 15 is 0 Å². The molecule has 0 aromatic carbocycles. The van der Waals surface area contributed by atoms with Crippen LogP contribution < -0.4 is 0 Å². The Kier molecular flexibility index (Phi) is 5.72. The fourth-order valence-electron chi connectivity index (χ4n) is 0.615. The van der Waals surface area contributed by atoms with Gasteiger partial charge in [-0.1, -0.05) is 6.92 Å². The van der Waals surface area contributed by atoms with Crippen molar-refractivity contribution in [3.05, 3.63) is 0 Å². The van der Waals surface area contributed by atoms with Crippen molar-refractivity contribution in [2.24, 2.45) is 0 Å². The maximum Gasteiger partial charge on any atom is 0.0334 e. The summed E-state index contributed by atoms with van der Waals surface area (Å²) in [6, 6.07) is 0. The van der Waals surface area contributed by atoms with Crippen molar-refractivity contribution in [3.63, 3.8) is 0 Å². The van der Waals surface area contributed by atoms with Gasteiger partial charge in [0.05, 0.1) is 0 Å². The number of hydrogen-bond donors (Lipinski definition) is 0. The minimum Gasteiger partial charge on any atom is -0.123 e. The van der Waals surface area contributed by atoms with Gasteiger partial charge in [0, 0.05) is 10.8 Å². The van der Waals surface area contributed by atoms with Crippen LogP contribution in [0, 0.1) is 0 Å². The Bertz CT molecular complexity index is 61.9. The van der Waals surface area contributed by atoms with Gasteiger partial charge >= 0.3 is 0 Å². The normalized spacial score (nSPS) is 17.3. The Morgan fingerprint density at radius 2 is 1.78 bits per heavy atom. The van der Waals surface area contributed by atoms with Crippen LogP contribution in [0.2, 0.25) is 0 Å². The summed E-state index contributed by atoms with van der Waals surface area (Å²) >= 11 is 11.6. The molecular weight excluding hydrogens is 155 g/mol. The van der Waals surface area contributed by atoms with Crippen molar-refractivity contribution in [3.8, 4) is 0 Å². The summed E-state index contributed by atoms with van der Waals surface area (Å²) < 4.78 is 0. The van der Waals surface area contributed by atoms with Crippen LogP contribution in [0.5, 0.6) is 0 Å². The van der Waals surface area contributed by atoms with Crippen LogP contribution in [-0.2, 0) is 0 Å². The van der Waals surface area contributed by atoms with Crippen LogP contribution in [0.4, 0.5) is 0 Å². The summed E-state index contributed by atoms with van der Waals surface area (Å²) in [7, 11) is 0. The monoisotopic (exact) mass is 168 g/mol. The zero-order valence-corrected chi connectivity index (χ0v) is 7.54.